The van der Waals surface area contributed by atoms with Gasteiger partial charge in [-0.15, -0.1) is 10.2 Å². The van der Waals surface area contributed by atoms with Gasteiger partial charge in [0, 0.05) is 30.6 Å². The van der Waals surface area contributed by atoms with Gasteiger partial charge in [-0.05, 0) is 50.5 Å². The Bertz CT molecular complexity index is 991. The van der Waals surface area contributed by atoms with Gasteiger partial charge in [-0.1, -0.05) is 35.1 Å². The van der Waals surface area contributed by atoms with E-state index in [0.29, 0.717) is 11.3 Å². The Morgan fingerprint density at radius 1 is 1.24 bits per heavy atom. The van der Waals surface area contributed by atoms with Gasteiger partial charge in [0.1, 0.15) is 16.5 Å². The standard InChI is InChI=1S/C21H23ClN4O2S/c1-13-11-18(14(2)28-13)20(27)23-17-7-9-26(10-8-17)21-25-24-19(29-21)12-15-3-5-16(22)6-4-15/h3-6,11,17H,7-10,12H2,1-2H3,(H,23,27). The molecule has 3 heterocycles. The van der Waals surface area contributed by atoms with E-state index in [0.717, 1.165) is 53.3 Å². The number of carbonyl (C=O) groups excluding carboxylic acids is 1. The maximum Gasteiger partial charge on any atom is 0.255 e. The highest BCUT2D eigenvalue weighted by Gasteiger charge is 2.24. The Morgan fingerprint density at radius 2 is 1.97 bits per heavy atom. The van der Waals surface area contributed by atoms with Crippen LogP contribution in [0.4, 0.5) is 5.13 Å². The Labute approximate surface area is 178 Å². The first-order valence-electron chi connectivity index (χ1n) is 9.67. The topological polar surface area (TPSA) is 71.3 Å². The first kappa shape index (κ1) is 19.9. The number of nitrogens with zero attached hydrogens (tertiary/aromatic N) is 3. The molecule has 8 heteroatoms. The van der Waals surface area contributed by atoms with Crippen LogP contribution < -0.4 is 10.2 Å². The van der Waals surface area contributed by atoms with Crippen LogP contribution in [-0.2, 0) is 6.42 Å². The molecule has 1 aliphatic rings. The maximum absolute atomic E-state index is 12.5. The molecule has 6 nitrogen and oxygen atoms in total. The molecule has 0 unspecified atom stereocenters. The first-order valence-corrected chi connectivity index (χ1v) is 10.9. The van der Waals surface area contributed by atoms with Crippen LogP contribution in [0.5, 0.6) is 0 Å². The van der Waals surface area contributed by atoms with Crippen LogP contribution in [0.3, 0.4) is 0 Å². The minimum absolute atomic E-state index is 0.0565. The van der Waals surface area contributed by atoms with E-state index in [-0.39, 0.29) is 11.9 Å². The quantitative estimate of drug-likeness (QED) is 0.649. The average Bonchev–Trinajstić information content (AvgIpc) is 3.30. The number of nitrogens with one attached hydrogen (secondary N) is 1. The SMILES string of the molecule is Cc1cc(C(=O)NC2CCN(c3nnc(Cc4ccc(Cl)cc4)s3)CC2)c(C)o1. The van der Waals surface area contributed by atoms with Crippen LogP contribution >= 0.6 is 22.9 Å². The summed E-state index contributed by atoms with van der Waals surface area (Å²) in [4.78, 5) is 14.7. The van der Waals surface area contributed by atoms with Gasteiger partial charge in [0.2, 0.25) is 5.13 Å². The van der Waals surface area contributed by atoms with Crippen molar-refractivity contribution in [2.24, 2.45) is 0 Å². The summed E-state index contributed by atoms with van der Waals surface area (Å²) in [6.45, 7) is 5.38. The number of furan rings is 1. The predicted octanol–water partition coefficient (Wildman–Crippen LogP) is 4.39. The van der Waals surface area contributed by atoms with Gasteiger partial charge in [0.15, 0.2) is 0 Å². The molecule has 1 N–H and O–H groups in total. The molecule has 1 amide bonds. The Balaban J connectivity index is 1.30. The van der Waals surface area contributed by atoms with Gasteiger partial charge in [-0.2, -0.15) is 0 Å². The second-order valence-corrected chi connectivity index (χ2v) is 8.82. The molecule has 0 atom stereocenters. The van der Waals surface area contributed by atoms with Gasteiger partial charge in [0.05, 0.1) is 5.56 Å². The number of aromatic nitrogens is 2. The van der Waals surface area contributed by atoms with Crippen molar-refractivity contribution in [2.45, 2.75) is 39.2 Å². The molecule has 3 aromatic rings. The van der Waals surface area contributed by atoms with E-state index in [1.807, 2.05) is 38.1 Å². The molecule has 152 valence electrons. The zero-order valence-electron chi connectivity index (χ0n) is 16.4. The largest absolute Gasteiger partial charge is 0.466 e. The molecule has 0 radical (unpaired) electrons. The van der Waals surface area contributed by atoms with Gasteiger partial charge in [-0.25, -0.2) is 0 Å². The molecular formula is C21H23ClN4O2S. The van der Waals surface area contributed by atoms with E-state index in [1.165, 1.54) is 5.56 Å². The van der Waals surface area contributed by atoms with Crippen LogP contribution in [0.15, 0.2) is 34.7 Å². The lowest BCUT2D eigenvalue weighted by Gasteiger charge is -2.31. The normalized spacial score (nSPS) is 14.9. The third kappa shape index (κ3) is 4.79. The lowest BCUT2D eigenvalue weighted by Crippen LogP contribution is -2.44. The number of hydrogen-bond acceptors (Lipinski definition) is 6. The Hall–Kier alpha value is -2.38. The predicted molar refractivity (Wildman–Crippen MR) is 115 cm³/mol. The fourth-order valence-corrected chi connectivity index (χ4v) is 4.61. The molecule has 0 aliphatic carbocycles. The van der Waals surface area contributed by atoms with Crippen LogP contribution in [0.2, 0.25) is 5.02 Å². The summed E-state index contributed by atoms with van der Waals surface area (Å²) in [6, 6.07) is 9.77. The van der Waals surface area contributed by atoms with E-state index in [1.54, 1.807) is 17.4 Å². The third-order valence-electron chi connectivity index (χ3n) is 5.11. The third-order valence-corrected chi connectivity index (χ3v) is 6.35. The molecule has 1 fully saturated rings. The number of anilines is 1. The molecular weight excluding hydrogens is 408 g/mol. The molecule has 0 spiro atoms. The molecule has 0 bridgehead atoms. The zero-order valence-corrected chi connectivity index (χ0v) is 18.0. The second-order valence-electron chi connectivity index (χ2n) is 7.34. The van der Waals surface area contributed by atoms with Gasteiger partial charge in [-0.3, -0.25) is 4.79 Å². The van der Waals surface area contributed by atoms with Crippen molar-refractivity contribution in [3.05, 3.63) is 63.0 Å². The van der Waals surface area contributed by atoms with Crippen molar-refractivity contribution < 1.29 is 9.21 Å². The fourth-order valence-electron chi connectivity index (χ4n) is 3.56. The van der Waals surface area contributed by atoms with E-state index in [2.05, 4.69) is 20.4 Å². The summed E-state index contributed by atoms with van der Waals surface area (Å²) in [7, 11) is 0. The number of amides is 1. The summed E-state index contributed by atoms with van der Waals surface area (Å²) in [5.74, 6) is 1.37. The van der Waals surface area contributed by atoms with Gasteiger partial charge in [0.25, 0.3) is 5.91 Å². The number of halogens is 1. The maximum atomic E-state index is 12.5. The summed E-state index contributed by atoms with van der Waals surface area (Å²) in [6.07, 6.45) is 2.52. The number of carbonyl (C=O) groups is 1. The first-order chi connectivity index (χ1) is 14.0. The van der Waals surface area contributed by atoms with Crippen molar-refractivity contribution >= 4 is 34.0 Å². The number of aryl methyl sites for hydroxylation is 2. The lowest BCUT2D eigenvalue weighted by molar-refractivity contribution is 0.0929. The lowest BCUT2D eigenvalue weighted by atomic mass is 10.0. The van der Waals surface area contributed by atoms with Gasteiger partial charge >= 0.3 is 0 Å². The van der Waals surface area contributed by atoms with E-state index >= 15 is 0 Å². The smallest absolute Gasteiger partial charge is 0.255 e. The summed E-state index contributed by atoms with van der Waals surface area (Å²) < 4.78 is 5.46. The molecule has 0 saturated carbocycles. The molecule has 1 saturated heterocycles. The van der Waals surface area contributed by atoms with Crippen LogP contribution in [0.25, 0.3) is 0 Å². The summed E-state index contributed by atoms with van der Waals surface area (Å²) in [5, 5.41) is 14.5. The van der Waals surface area contributed by atoms with Crippen LogP contribution in [-0.4, -0.2) is 35.2 Å². The average molecular weight is 431 g/mol. The summed E-state index contributed by atoms with van der Waals surface area (Å²) >= 11 is 7.57. The van der Waals surface area contributed by atoms with E-state index < -0.39 is 0 Å². The highest BCUT2D eigenvalue weighted by atomic mass is 35.5. The zero-order chi connectivity index (χ0) is 20.4. The molecule has 29 heavy (non-hydrogen) atoms. The molecule has 1 aromatic carbocycles. The van der Waals surface area contributed by atoms with Crippen molar-refractivity contribution in [2.75, 3.05) is 18.0 Å². The second kappa shape index (κ2) is 8.55. The minimum Gasteiger partial charge on any atom is -0.466 e. The summed E-state index contributed by atoms with van der Waals surface area (Å²) in [5.41, 5.74) is 1.80. The molecule has 2 aromatic heterocycles. The Morgan fingerprint density at radius 3 is 2.62 bits per heavy atom. The number of piperidine rings is 1. The van der Waals surface area contributed by atoms with Gasteiger partial charge < -0.3 is 14.6 Å². The van der Waals surface area contributed by atoms with Crippen LogP contribution in [0, 0.1) is 13.8 Å². The molecule has 4 rings (SSSR count). The van der Waals surface area contributed by atoms with Crippen molar-refractivity contribution in [3.8, 4) is 0 Å². The van der Waals surface area contributed by atoms with Crippen LogP contribution in [0.1, 0.15) is 45.3 Å². The highest BCUT2D eigenvalue weighted by molar-refractivity contribution is 7.15. The van der Waals surface area contributed by atoms with E-state index in [4.69, 9.17) is 16.0 Å². The van der Waals surface area contributed by atoms with Crippen molar-refractivity contribution in [3.63, 3.8) is 0 Å². The number of rotatable bonds is 5. The minimum atomic E-state index is -0.0565. The van der Waals surface area contributed by atoms with E-state index in [9.17, 15) is 4.79 Å². The number of hydrogen-bond donors (Lipinski definition) is 1. The highest BCUT2D eigenvalue weighted by Crippen LogP contribution is 2.26. The monoisotopic (exact) mass is 430 g/mol. The number of benzene rings is 1. The Kier molecular flexibility index (Phi) is 5.87. The fraction of sp³-hybridized carbons (Fsp3) is 0.381. The van der Waals surface area contributed by atoms with Crippen molar-refractivity contribution in [1.82, 2.24) is 15.5 Å². The van der Waals surface area contributed by atoms with Crippen molar-refractivity contribution in [1.29, 1.82) is 0 Å². The molecule has 1 aliphatic heterocycles.